The smallest absolute Gasteiger partial charge is 0.0346 e. The molecule has 1 rings (SSSR count). The van der Waals surface area contributed by atoms with Crippen LogP contribution in [0.3, 0.4) is 0 Å². The molecule has 0 saturated heterocycles. The van der Waals surface area contributed by atoms with E-state index < -0.39 is 0 Å². The number of aromatic nitrogens is 1. The monoisotopic (exact) mass is 159 g/mol. The van der Waals surface area contributed by atoms with Gasteiger partial charge in [0.1, 0.15) is 0 Å². The maximum atomic E-state index is 4.03. The van der Waals surface area contributed by atoms with Crippen LogP contribution in [0.5, 0.6) is 0 Å². The van der Waals surface area contributed by atoms with Gasteiger partial charge in [-0.15, -0.1) is 0 Å². The summed E-state index contributed by atoms with van der Waals surface area (Å²) in [4.78, 5) is 4.03. The fraction of sp³-hybridized carbons (Fsp3) is 0.182. The van der Waals surface area contributed by atoms with Crippen molar-refractivity contribution in [2.45, 2.75) is 13.8 Å². The van der Waals surface area contributed by atoms with Gasteiger partial charge >= 0.3 is 0 Å². The van der Waals surface area contributed by atoms with Gasteiger partial charge in [-0.1, -0.05) is 18.7 Å². The molecule has 12 heavy (non-hydrogen) atoms. The summed E-state index contributed by atoms with van der Waals surface area (Å²) in [5.74, 6) is 0. The van der Waals surface area contributed by atoms with Crippen LogP contribution in [-0.4, -0.2) is 4.98 Å². The zero-order chi connectivity index (χ0) is 8.97. The lowest BCUT2D eigenvalue weighted by Gasteiger charge is -2.03. The first-order valence-corrected chi connectivity index (χ1v) is 3.99. The standard InChI is InChI=1S/C11H13N/c1-4-9(3)11-6-7-12-8-10(11)5-2/h4-8H,2H2,1,3H3. The lowest BCUT2D eigenvalue weighted by atomic mass is 10.0. The van der Waals surface area contributed by atoms with Crippen LogP contribution >= 0.6 is 0 Å². The van der Waals surface area contributed by atoms with E-state index in [-0.39, 0.29) is 0 Å². The highest BCUT2D eigenvalue weighted by Gasteiger charge is 1.98. The summed E-state index contributed by atoms with van der Waals surface area (Å²) in [5.41, 5.74) is 3.56. The molecule has 0 spiro atoms. The van der Waals surface area contributed by atoms with Crippen molar-refractivity contribution in [2.75, 3.05) is 0 Å². The number of nitrogens with zero attached hydrogens (tertiary/aromatic N) is 1. The summed E-state index contributed by atoms with van der Waals surface area (Å²) in [5, 5.41) is 0. The highest BCUT2D eigenvalue weighted by Crippen LogP contribution is 2.17. The summed E-state index contributed by atoms with van der Waals surface area (Å²) in [7, 11) is 0. The minimum absolute atomic E-state index is 1.09. The number of rotatable bonds is 2. The van der Waals surface area contributed by atoms with Gasteiger partial charge < -0.3 is 0 Å². The molecule has 1 aromatic rings. The largest absolute Gasteiger partial charge is 0.264 e. The minimum atomic E-state index is 1.09. The van der Waals surface area contributed by atoms with E-state index in [1.165, 1.54) is 11.1 Å². The average molecular weight is 159 g/mol. The number of pyridine rings is 1. The van der Waals surface area contributed by atoms with Gasteiger partial charge in [-0.25, -0.2) is 0 Å². The molecule has 0 radical (unpaired) electrons. The van der Waals surface area contributed by atoms with Crippen molar-refractivity contribution in [3.05, 3.63) is 42.2 Å². The third kappa shape index (κ3) is 1.62. The number of hydrogen-bond donors (Lipinski definition) is 0. The number of hydrogen-bond acceptors (Lipinski definition) is 1. The summed E-state index contributed by atoms with van der Waals surface area (Å²) in [6.45, 7) is 7.86. The zero-order valence-corrected chi connectivity index (χ0v) is 7.54. The Morgan fingerprint density at radius 1 is 1.58 bits per heavy atom. The Morgan fingerprint density at radius 2 is 2.33 bits per heavy atom. The van der Waals surface area contributed by atoms with Crippen LogP contribution in [0.2, 0.25) is 0 Å². The molecule has 0 bridgehead atoms. The van der Waals surface area contributed by atoms with Crippen LogP contribution in [-0.2, 0) is 0 Å². The van der Waals surface area contributed by atoms with Crippen LogP contribution in [0, 0.1) is 0 Å². The minimum Gasteiger partial charge on any atom is -0.264 e. The van der Waals surface area contributed by atoms with E-state index in [2.05, 4.69) is 24.6 Å². The van der Waals surface area contributed by atoms with Gasteiger partial charge in [0.2, 0.25) is 0 Å². The van der Waals surface area contributed by atoms with Gasteiger partial charge in [-0.05, 0) is 36.6 Å². The Morgan fingerprint density at radius 3 is 2.92 bits per heavy atom. The molecule has 0 aromatic carbocycles. The topological polar surface area (TPSA) is 12.9 Å². The summed E-state index contributed by atoms with van der Waals surface area (Å²) in [6.07, 6.45) is 7.54. The molecule has 0 aliphatic heterocycles. The Bertz CT molecular complexity index is 311. The van der Waals surface area contributed by atoms with Gasteiger partial charge in [0.25, 0.3) is 0 Å². The van der Waals surface area contributed by atoms with E-state index in [1.54, 1.807) is 6.20 Å². The van der Waals surface area contributed by atoms with Gasteiger partial charge in [-0.3, -0.25) is 4.98 Å². The molecular weight excluding hydrogens is 146 g/mol. The van der Waals surface area contributed by atoms with Crippen molar-refractivity contribution in [1.29, 1.82) is 0 Å². The van der Waals surface area contributed by atoms with E-state index in [0.717, 1.165) is 5.56 Å². The molecule has 0 atom stereocenters. The normalized spacial score (nSPS) is 11.3. The quantitative estimate of drug-likeness (QED) is 0.646. The molecule has 1 nitrogen and oxygen atoms in total. The lowest BCUT2D eigenvalue weighted by Crippen LogP contribution is -1.85. The highest BCUT2D eigenvalue weighted by molar-refractivity contribution is 5.71. The maximum absolute atomic E-state index is 4.03. The van der Waals surface area contributed by atoms with E-state index in [1.807, 2.05) is 25.3 Å². The van der Waals surface area contributed by atoms with Gasteiger partial charge in [0.05, 0.1) is 0 Å². The molecule has 0 unspecified atom stereocenters. The lowest BCUT2D eigenvalue weighted by molar-refractivity contribution is 1.30. The average Bonchev–Trinajstić information content (AvgIpc) is 2.16. The van der Waals surface area contributed by atoms with Crippen LogP contribution in [0.15, 0.2) is 31.1 Å². The van der Waals surface area contributed by atoms with E-state index in [4.69, 9.17) is 0 Å². The first kappa shape index (κ1) is 8.72. The summed E-state index contributed by atoms with van der Waals surface area (Å²) < 4.78 is 0. The molecule has 1 heteroatoms. The van der Waals surface area contributed by atoms with Gasteiger partial charge in [-0.2, -0.15) is 0 Å². The molecule has 0 aliphatic carbocycles. The fourth-order valence-corrected chi connectivity index (χ4v) is 1.08. The maximum Gasteiger partial charge on any atom is 0.0346 e. The Hall–Kier alpha value is -1.37. The van der Waals surface area contributed by atoms with Gasteiger partial charge in [0.15, 0.2) is 0 Å². The molecule has 1 heterocycles. The molecular formula is C11H13N. The van der Waals surface area contributed by atoms with Crippen molar-refractivity contribution in [2.24, 2.45) is 0 Å². The molecule has 62 valence electrons. The second-order valence-corrected chi connectivity index (χ2v) is 2.64. The van der Waals surface area contributed by atoms with E-state index in [0.29, 0.717) is 0 Å². The predicted molar refractivity (Wildman–Crippen MR) is 53.7 cm³/mol. The SMILES string of the molecule is C=Cc1cnccc1C(C)=CC. The van der Waals surface area contributed by atoms with E-state index in [9.17, 15) is 0 Å². The van der Waals surface area contributed by atoms with Crippen molar-refractivity contribution in [3.63, 3.8) is 0 Å². The molecule has 1 aromatic heterocycles. The fourth-order valence-electron chi connectivity index (χ4n) is 1.08. The van der Waals surface area contributed by atoms with Crippen molar-refractivity contribution in [1.82, 2.24) is 4.98 Å². The zero-order valence-electron chi connectivity index (χ0n) is 7.54. The van der Waals surface area contributed by atoms with Crippen molar-refractivity contribution in [3.8, 4) is 0 Å². The molecule has 0 saturated carbocycles. The predicted octanol–water partition coefficient (Wildman–Crippen LogP) is 3.15. The van der Waals surface area contributed by atoms with E-state index >= 15 is 0 Å². The highest BCUT2D eigenvalue weighted by atomic mass is 14.6. The molecule has 0 fully saturated rings. The van der Waals surface area contributed by atoms with Crippen molar-refractivity contribution < 1.29 is 0 Å². The van der Waals surface area contributed by atoms with Crippen LogP contribution < -0.4 is 0 Å². The Balaban J connectivity index is 3.22. The Kier molecular flexibility index (Phi) is 2.81. The first-order valence-electron chi connectivity index (χ1n) is 3.99. The first-order chi connectivity index (χ1) is 5.79. The van der Waals surface area contributed by atoms with Crippen LogP contribution in [0.25, 0.3) is 11.6 Å². The molecule has 0 N–H and O–H groups in total. The summed E-state index contributed by atoms with van der Waals surface area (Å²) in [6, 6.07) is 2.01. The van der Waals surface area contributed by atoms with Crippen molar-refractivity contribution >= 4 is 11.6 Å². The number of allylic oxidation sites excluding steroid dienone is 2. The Labute approximate surface area is 73.5 Å². The third-order valence-corrected chi connectivity index (χ3v) is 1.93. The molecule has 0 amide bonds. The van der Waals surface area contributed by atoms with Crippen LogP contribution in [0.1, 0.15) is 25.0 Å². The second kappa shape index (κ2) is 3.86. The third-order valence-electron chi connectivity index (χ3n) is 1.93. The molecule has 0 aliphatic rings. The van der Waals surface area contributed by atoms with Crippen LogP contribution in [0.4, 0.5) is 0 Å². The summed E-state index contributed by atoms with van der Waals surface area (Å²) >= 11 is 0. The second-order valence-electron chi connectivity index (χ2n) is 2.64. The van der Waals surface area contributed by atoms with Gasteiger partial charge in [0, 0.05) is 12.4 Å².